The molecule has 236 valence electrons. The number of aromatic hydroxyl groups is 1. The van der Waals surface area contributed by atoms with Crippen molar-refractivity contribution in [2.24, 2.45) is 0 Å². The summed E-state index contributed by atoms with van der Waals surface area (Å²) < 4.78 is 0. The Morgan fingerprint density at radius 3 is 2.22 bits per heavy atom. The Morgan fingerprint density at radius 1 is 0.756 bits per heavy atom. The van der Waals surface area contributed by atoms with Crippen LogP contribution in [0.3, 0.4) is 0 Å². The summed E-state index contributed by atoms with van der Waals surface area (Å²) in [6.45, 7) is 5.05. The summed E-state index contributed by atoms with van der Waals surface area (Å²) in [6, 6.07) is 30.0. The summed E-state index contributed by atoms with van der Waals surface area (Å²) in [4.78, 5) is 25.3. The summed E-state index contributed by atoms with van der Waals surface area (Å²) >= 11 is 0. The van der Waals surface area contributed by atoms with Crippen LogP contribution in [0, 0.1) is 0 Å². The van der Waals surface area contributed by atoms with Gasteiger partial charge in [-0.3, -0.25) is 9.59 Å². The largest absolute Gasteiger partial charge is 0.508 e. The first-order valence-electron chi connectivity index (χ1n) is 15.3. The molecule has 0 saturated heterocycles. The number of aliphatic hydroxyl groups excluding tert-OH is 2. The molecule has 4 aromatic carbocycles. The number of phenols is 1. The zero-order valence-electron chi connectivity index (χ0n) is 25.9. The summed E-state index contributed by atoms with van der Waals surface area (Å²) in [5.41, 5.74) is 5.66. The van der Waals surface area contributed by atoms with Crippen LogP contribution in [0.25, 0.3) is 0 Å². The Hall–Kier alpha value is -4.50. The van der Waals surface area contributed by atoms with E-state index in [9.17, 15) is 24.9 Å². The molecule has 3 atom stereocenters. The minimum Gasteiger partial charge on any atom is -0.508 e. The maximum atomic E-state index is 12.7. The van der Waals surface area contributed by atoms with Gasteiger partial charge in [0.15, 0.2) is 0 Å². The average Bonchev–Trinajstić information content (AvgIpc) is 3.06. The molecule has 4 aromatic rings. The Labute approximate surface area is 265 Å². The van der Waals surface area contributed by atoms with Crippen molar-refractivity contribution in [2.45, 2.75) is 57.9 Å². The predicted octanol–water partition coefficient (Wildman–Crippen LogP) is 4.53. The lowest BCUT2D eigenvalue weighted by Gasteiger charge is -2.18. The molecule has 0 unspecified atom stereocenters. The van der Waals surface area contributed by atoms with Crippen LogP contribution in [0.1, 0.15) is 69.6 Å². The van der Waals surface area contributed by atoms with Crippen molar-refractivity contribution in [1.82, 2.24) is 16.0 Å². The van der Waals surface area contributed by atoms with Crippen LogP contribution < -0.4 is 16.0 Å². The molecule has 0 saturated carbocycles. The monoisotopic (exact) mass is 609 g/mol. The van der Waals surface area contributed by atoms with E-state index in [1.165, 1.54) is 11.6 Å². The number of aliphatic hydroxyl groups is 2. The van der Waals surface area contributed by atoms with Crippen LogP contribution in [-0.2, 0) is 30.8 Å². The maximum Gasteiger partial charge on any atom is 0.251 e. The minimum absolute atomic E-state index is 0.00317. The first-order chi connectivity index (χ1) is 21.7. The minimum atomic E-state index is -0.782. The number of amides is 2. The molecule has 0 heterocycles. The second kappa shape index (κ2) is 16.5. The molecule has 0 aliphatic rings. The van der Waals surface area contributed by atoms with Gasteiger partial charge in [-0.2, -0.15) is 0 Å². The molecule has 0 aliphatic heterocycles. The van der Waals surface area contributed by atoms with Crippen LogP contribution in [0.2, 0.25) is 0 Å². The Morgan fingerprint density at radius 2 is 1.49 bits per heavy atom. The molecule has 0 bridgehead atoms. The van der Waals surface area contributed by atoms with Crippen LogP contribution in [0.15, 0.2) is 97.1 Å². The van der Waals surface area contributed by atoms with Gasteiger partial charge in [0.1, 0.15) is 5.75 Å². The SMILES string of the molecule is C[C@H](Cc1cccc(CC(=O)NCc2ccc(C(=O)NC[C@@H](C)c3ccccc3)cc2)c1)NC[C@H](O)c1ccc(O)c(CO)c1. The highest BCUT2D eigenvalue weighted by atomic mass is 16.3. The van der Waals surface area contributed by atoms with Gasteiger partial charge >= 0.3 is 0 Å². The van der Waals surface area contributed by atoms with Gasteiger partial charge in [0, 0.05) is 36.8 Å². The van der Waals surface area contributed by atoms with Crippen LogP contribution >= 0.6 is 0 Å². The topological polar surface area (TPSA) is 131 Å². The Balaban J connectivity index is 1.19. The van der Waals surface area contributed by atoms with Gasteiger partial charge in [0.2, 0.25) is 5.91 Å². The van der Waals surface area contributed by atoms with Crippen LogP contribution in [0.5, 0.6) is 5.75 Å². The van der Waals surface area contributed by atoms with E-state index in [2.05, 4.69) is 35.0 Å². The smallest absolute Gasteiger partial charge is 0.251 e. The van der Waals surface area contributed by atoms with Gasteiger partial charge in [0.05, 0.1) is 19.1 Å². The van der Waals surface area contributed by atoms with Crippen molar-refractivity contribution in [1.29, 1.82) is 0 Å². The van der Waals surface area contributed by atoms with Crippen molar-refractivity contribution in [2.75, 3.05) is 13.1 Å². The van der Waals surface area contributed by atoms with E-state index in [1.807, 2.05) is 61.5 Å². The van der Waals surface area contributed by atoms with E-state index in [1.54, 1.807) is 24.3 Å². The van der Waals surface area contributed by atoms with Crippen molar-refractivity contribution in [3.63, 3.8) is 0 Å². The van der Waals surface area contributed by atoms with Gasteiger partial charge in [-0.1, -0.05) is 79.7 Å². The van der Waals surface area contributed by atoms with Crippen molar-refractivity contribution in [3.8, 4) is 5.75 Å². The quantitative estimate of drug-likeness (QED) is 0.117. The molecule has 0 aliphatic carbocycles. The molecule has 0 radical (unpaired) electrons. The number of nitrogens with one attached hydrogen (secondary N) is 3. The number of benzene rings is 4. The molecule has 8 nitrogen and oxygen atoms in total. The lowest BCUT2D eigenvalue weighted by atomic mass is 10.0. The molecular weight excluding hydrogens is 566 g/mol. The molecule has 6 N–H and O–H groups in total. The van der Waals surface area contributed by atoms with E-state index in [4.69, 9.17) is 0 Å². The summed E-state index contributed by atoms with van der Waals surface area (Å²) in [5, 5.41) is 38.9. The fourth-order valence-electron chi connectivity index (χ4n) is 5.13. The summed E-state index contributed by atoms with van der Waals surface area (Å²) in [5.74, 6) is 0.00451. The second-order valence-electron chi connectivity index (χ2n) is 11.6. The van der Waals surface area contributed by atoms with Gasteiger partial charge in [-0.15, -0.1) is 0 Å². The number of rotatable bonds is 15. The fourth-order valence-corrected chi connectivity index (χ4v) is 5.13. The van der Waals surface area contributed by atoms with E-state index in [0.717, 1.165) is 16.7 Å². The van der Waals surface area contributed by atoms with E-state index < -0.39 is 6.10 Å². The van der Waals surface area contributed by atoms with E-state index in [0.29, 0.717) is 42.7 Å². The van der Waals surface area contributed by atoms with Gasteiger partial charge in [-0.05, 0) is 71.3 Å². The maximum absolute atomic E-state index is 12.7. The highest BCUT2D eigenvalue weighted by Crippen LogP contribution is 2.22. The predicted molar refractivity (Wildman–Crippen MR) is 176 cm³/mol. The third kappa shape index (κ3) is 10.3. The van der Waals surface area contributed by atoms with Crippen molar-refractivity contribution < 1.29 is 24.9 Å². The summed E-state index contributed by atoms with van der Waals surface area (Å²) in [6.07, 6.45) is 0.184. The lowest BCUT2D eigenvalue weighted by Crippen LogP contribution is -2.32. The first kappa shape index (κ1) is 33.4. The van der Waals surface area contributed by atoms with Crippen LogP contribution in [0.4, 0.5) is 0 Å². The first-order valence-corrected chi connectivity index (χ1v) is 15.3. The molecule has 0 spiro atoms. The number of carbonyl (C=O) groups is 2. The van der Waals surface area contributed by atoms with E-state index >= 15 is 0 Å². The third-order valence-corrected chi connectivity index (χ3v) is 7.86. The summed E-state index contributed by atoms with van der Waals surface area (Å²) in [7, 11) is 0. The molecule has 0 fully saturated rings. The van der Waals surface area contributed by atoms with Crippen LogP contribution in [-0.4, -0.2) is 46.3 Å². The molecule has 2 amide bonds. The molecule has 45 heavy (non-hydrogen) atoms. The Bertz CT molecular complexity index is 1540. The average molecular weight is 610 g/mol. The highest BCUT2D eigenvalue weighted by molar-refractivity contribution is 5.94. The normalized spacial score (nSPS) is 13.1. The fraction of sp³-hybridized carbons (Fsp3) is 0.297. The van der Waals surface area contributed by atoms with Gasteiger partial charge in [-0.25, -0.2) is 0 Å². The number of hydrogen-bond acceptors (Lipinski definition) is 6. The van der Waals surface area contributed by atoms with Gasteiger partial charge in [0.25, 0.3) is 5.91 Å². The van der Waals surface area contributed by atoms with E-state index in [-0.39, 0.29) is 42.6 Å². The highest BCUT2D eigenvalue weighted by Gasteiger charge is 2.13. The molecule has 0 aromatic heterocycles. The Kier molecular flexibility index (Phi) is 12.3. The number of hydrogen-bond donors (Lipinski definition) is 6. The lowest BCUT2D eigenvalue weighted by molar-refractivity contribution is -0.120. The van der Waals surface area contributed by atoms with Gasteiger partial charge < -0.3 is 31.3 Å². The zero-order valence-corrected chi connectivity index (χ0v) is 25.9. The zero-order chi connectivity index (χ0) is 32.2. The molecule has 8 heteroatoms. The third-order valence-electron chi connectivity index (χ3n) is 7.86. The standard InChI is InChI=1S/C37H43N3O5/c1-25(30-9-4-3-5-10-30)21-40-37(45)31-13-11-27(12-14-31)22-39-36(44)19-29-8-6-7-28(18-29)17-26(2)38-23-35(43)32-15-16-34(42)33(20-32)24-41/h3-16,18,20,25-26,35,38,41-43H,17,19,21-24H2,1-2H3,(H,39,44)(H,40,45)/t25-,26-,35+/m1/s1. The van der Waals surface area contributed by atoms with Crippen molar-refractivity contribution in [3.05, 3.63) is 136 Å². The number of carbonyl (C=O) groups excluding carboxylic acids is 2. The second-order valence-corrected chi connectivity index (χ2v) is 11.6. The van der Waals surface area contributed by atoms with Crippen molar-refractivity contribution >= 4 is 11.8 Å². The molecular formula is C37H43N3O5. The molecule has 4 rings (SSSR count).